The third-order valence-corrected chi connectivity index (χ3v) is 4.25. The Kier molecular flexibility index (Phi) is 7.98. The molecule has 0 amide bonds. The van der Waals surface area contributed by atoms with Gasteiger partial charge >= 0.3 is 0 Å². The van der Waals surface area contributed by atoms with Crippen LogP contribution in [0.4, 0.5) is 0 Å². The summed E-state index contributed by atoms with van der Waals surface area (Å²) in [6.07, 6.45) is 3.13. The lowest BCUT2D eigenvalue weighted by Gasteiger charge is -2.37. The Bertz CT molecular complexity index is 523. The molecule has 6 nitrogen and oxygen atoms in total. The molecule has 0 radical (unpaired) electrons. The van der Waals surface area contributed by atoms with E-state index >= 15 is 0 Å². The molecule has 2 unspecified atom stereocenters. The van der Waals surface area contributed by atoms with Crippen molar-refractivity contribution in [2.45, 2.75) is 33.7 Å². The highest BCUT2D eigenvalue weighted by Crippen LogP contribution is 2.21. The molecule has 0 aliphatic carbocycles. The number of nitrogens with zero attached hydrogens (tertiary/aromatic N) is 3. The van der Waals surface area contributed by atoms with Crippen molar-refractivity contribution in [2.75, 3.05) is 40.0 Å². The van der Waals surface area contributed by atoms with Gasteiger partial charge in [-0.1, -0.05) is 19.9 Å². The fourth-order valence-corrected chi connectivity index (χ4v) is 3.25. The van der Waals surface area contributed by atoms with Crippen LogP contribution in [0.1, 0.15) is 32.8 Å². The number of methoxy groups -OCH3 is 1. The van der Waals surface area contributed by atoms with Crippen molar-refractivity contribution in [3.8, 4) is 5.88 Å². The zero-order valence-electron chi connectivity index (χ0n) is 16.0. The summed E-state index contributed by atoms with van der Waals surface area (Å²) in [5, 5.41) is 3.43. The van der Waals surface area contributed by atoms with E-state index in [0.29, 0.717) is 37.5 Å². The third kappa shape index (κ3) is 6.53. The Morgan fingerprint density at radius 3 is 2.64 bits per heavy atom. The molecule has 2 rings (SSSR count). The number of likely N-dealkylation sites (tertiary alicyclic amines) is 1. The van der Waals surface area contributed by atoms with Crippen LogP contribution in [0, 0.1) is 11.8 Å². The van der Waals surface area contributed by atoms with Crippen LogP contribution in [-0.4, -0.2) is 55.8 Å². The number of hydrogen-bond acceptors (Lipinski definition) is 4. The van der Waals surface area contributed by atoms with Crippen LogP contribution < -0.4 is 10.1 Å². The number of rotatable bonds is 7. The molecule has 0 aromatic carbocycles. The smallest absolute Gasteiger partial charge is 0.213 e. The second-order valence-corrected chi connectivity index (χ2v) is 6.87. The molecule has 6 heteroatoms. The van der Waals surface area contributed by atoms with Crippen LogP contribution in [0.15, 0.2) is 23.3 Å². The van der Waals surface area contributed by atoms with E-state index in [0.717, 1.165) is 31.2 Å². The predicted octanol–water partition coefficient (Wildman–Crippen LogP) is 2.55. The first kappa shape index (κ1) is 19.5. The topological polar surface area (TPSA) is 59.0 Å². The van der Waals surface area contributed by atoms with Crippen LogP contribution in [0.3, 0.4) is 0 Å². The quantitative estimate of drug-likeness (QED) is 0.466. The van der Waals surface area contributed by atoms with E-state index in [2.05, 4.69) is 36.0 Å². The third-order valence-electron chi connectivity index (χ3n) is 4.25. The maximum absolute atomic E-state index is 5.49. The summed E-state index contributed by atoms with van der Waals surface area (Å²) in [7, 11) is 1.66. The average molecular weight is 348 g/mol. The molecule has 2 atom stereocenters. The number of nitrogens with one attached hydrogen (secondary N) is 1. The van der Waals surface area contributed by atoms with Crippen molar-refractivity contribution in [1.29, 1.82) is 0 Å². The summed E-state index contributed by atoms with van der Waals surface area (Å²) < 4.78 is 10.5. The lowest BCUT2D eigenvalue weighted by molar-refractivity contribution is 0.143. The second-order valence-electron chi connectivity index (χ2n) is 6.87. The molecule has 0 bridgehead atoms. The minimum absolute atomic E-state index is 0.511. The minimum Gasteiger partial charge on any atom is -0.475 e. The minimum atomic E-state index is 0.511. The highest BCUT2D eigenvalue weighted by atomic mass is 16.5. The number of hydrogen-bond donors (Lipinski definition) is 1. The number of aromatic nitrogens is 1. The van der Waals surface area contributed by atoms with Gasteiger partial charge in [-0.05, 0) is 30.7 Å². The Balaban J connectivity index is 1.96. The zero-order chi connectivity index (χ0) is 18.1. The van der Waals surface area contributed by atoms with Crippen LogP contribution in [-0.2, 0) is 11.3 Å². The van der Waals surface area contributed by atoms with Crippen molar-refractivity contribution in [1.82, 2.24) is 15.2 Å². The van der Waals surface area contributed by atoms with Gasteiger partial charge in [-0.3, -0.25) is 0 Å². The van der Waals surface area contributed by atoms with Crippen molar-refractivity contribution >= 4 is 5.96 Å². The first-order valence-electron chi connectivity index (χ1n) is 9.22. The summed E-state index contributed by atoms with van der Waals surface area (Å²) >= 11 is 0. The molecule has 0 spiro atoms. The van der Waals surface area contributed by atoms with Gasteiger partial charge in [0.25, 0.3) is 0 Å². The Hall–Kier alpha value is -1.82. The normalized spacial score (nSPS) is 21.3. The number of ether oxygens (including phenoxy) is 2. The SMILES string of the molecule is CCNC(=NCc1ccc(OCCOC)nc1)N1CC(C)CC(C)C1. The van der Waals surface area contributed by atoms with Gasteiger partial charge in [0, 0.05) is 39.0 Å². The zero-order valence-corrected chi connectivity index (χ0v) is 16.0. The van der Waals surface area contributed by atoms with Gasteiger partial charge in [0.15, 0.2) is 5.96 Å². The van der Waals surface area contributed by atoms with E-state index in [1.165, 1.54) is 6.42 Å². The molecular formula is C19H32N4O2. The highest BCUT2D eigenvalue weighted by Gasteiger charge is 2.23. The van der Waals surface area contributed by atoms with Crippen LogP contribution in [0.25, 0.3) is 0 Å². The molecule has 140 valence electrons. The highest BCUT2D eigenvalue weighted by molar-refractivity contribution is 5.80. The van der Waals surface area contributed by atoms with Gasteiger partial charge in [-0.2, -0.15) is 0 Å². The summed E-state index contributed by atoms with van der Waals surface area (Å²) in [5.74, 6) is 3.03. The van der Waals surface area contributed by atoms with Crippen molar-refractivity contribution in [2.24, 2.45) is 16.8 Å². The van der Waals surface area contributed by atoms with Crippen LogP contribution in [0.5, 0.6) is 5.88 Å². The monoisotopic (exact) mass is 348 g/mol. The number of piperidine rings is 1. The van der Waals surface area contributed by atoms with Gasteiger partial charge in [-0.15, -0.1) is 0 Å². The van der Waals surface area contributed by atoms with Crippen molar-refractivity contribution in [3.05, 3.63) is 23.9 Å². The molecule has 1 aliphatic rings. The number of aliphatic imine (C=N–C) groups is 1. The summed E-state index contributed by atoms with van der Waals surface area (Å²) in [6.45, 7) is 11.5. The van der Waals surface area contributed by atoms with Crippen LogP contribution >= 0.6 is 0 Å². The van der Waals surface area contributed by atoms with Gasteiger partial charge < -0.3 is 19.7 Å². The standard InChI is InChI=1S/C19H32N4O2/c1-5-20-19(23-13-15(2)10-16(3)14-23)22-12-17-6-7-18(21-11-17)25-9-8-24-4/h6-7,11,15-16H,5,8-10,12-14H2,1-4H3,(H,20,22). The van der Waals surface area contributed by atoms with E-state index in [1.807, 2.05) is 18.3 Å². The maximum atomic E-state index is 5.49. The van der Waals surface area contributed by atoms with E-state index in [1.54, 1.807) is 7.11 Å². The molecule has 1 aromatic rings. The van der Waals surface area contributed by atoms with E-state index in [9.17, 15) is 0 Å². The molecule has 2 heterocycles. The van der Waals surface area contributed by atoms with Crippen molar-refractivity contribution in [3.63, 3.8) is 0 Å². The lowest BCUT2D eigenvalue weighted by atomic mass is 9.92. The Morgan fingerprint density at radius 1 is 1.28 bits per heavy atom. The molecule has 25 heavy (non-hydrogen) atoms. The molecular weight excluding hydrogens is 316 g/mol. The largest absolute Gasteiger partial charge is 0.475 e. The predicted molar refractivity (Wildman–Crippen MR) is 101 cm³/mol. The molecule has 1 aromatic heterocycles. The summed E-state index contributed by atoms with van der Waals surface area (Å²) in [4.78, 5) is 11.5. The number of pyridine rings is 1. The van der Waals surface area contributed by atoms with E-state index < -0.39 is 0 Å². The average Bonchev–Trinajstić information content (AvgIpc) is 2.59. The Labute approximate surface area is 151 Å². The van der Waals surface area contributed by atoms with Crippen molar-refractivity contribution < 1.29 is 9.47 Å². The van der Waals surface area contributed by atoms with E-state index in [-0.39, 0.29) is 0 Å². The van der Waals surface area contributed by atoms with E-state index in [4.69, 9.17) is 14.5 Å². The first-order chi connectivity index (χ1) is 12.1. The number of guanidine groups is 1. The van der Waals surface area contributed by atoms with Crippen LogP contribution in [0.2, 0.25) is 0 Å². The maximum Gasteiger partial charge on any atom is 0.213 e. The summed E-state index contributed by atoms with van der Waals surface area (Å²) in [5.41, 5.74) is 1.08. The molecule has 1 aliphatic heterocycles. The van der Waals surface area contributed by atoms with Gasteiger partial charge in [-0.25, -0.2) is 9.98 Å². The molecule has 1 fully saturated rings. The fraction of sp³-hybridized carbons (Fsp3) is 0.684. The van der Waals surface area contributed by atoms with Gasteiger partial charge in [0.05, 0.1) is 13.2 Å². The lowest BCUT2D eigenvalue weighted by Crippen LogP contribution is -2.48. The first-order valence-corrected chi connectivity index (χ1v) is 9.22. The summed E-state index contributed by atoms with van der Waals surface area (Å²) in [6, 6.07) is 3.90. The fourth-order valence-electron chi connectivity index (χ4n) is 3.25. The Morgan fingerprint density at radius 2 is 2.04 bits per heavy atom. The second kappa shape index (κ2) is 10.2. The van der Waals surface area contributed by atoms with Gasteiger partial charge in [0.1, 0.15) is 6.61 Å². The van der Waals surface area contributed by atoms with Gasteiger partial charge in [0.2, 0.25) is 5.88 Å². The molecule has 1 N–H and O–H groups in total. The molecule has 1 saturated heterocycles. The molecule has 0 saturated carbocycles.